The highest BCUT2D eigenvalue weighted by molar-refractivity contribution is 8.00. The van der Waals surface area contributed by atoms with Crippen LogP contribution in [0.3, 0.4) is 0 Å². The van der Waals surface area contributed by atoms with Crippen molar-refractivity contribution in [2.45, 2.75) is 17.1 Å². The monoisotopic (exact) mass is 474 g/mol. The lowest BCUT2D eigenvalue weighted by molar-refractivity contribution is -0.115. The molecule has 2 N–H and O–H groups in total. The van der Waals surface area contributed by atoms with Crippen molar-refractivity contribution < 1.29 is 14.3 Å². The van der Waals surface area contributed by atoms with Crippen LogP contribution in [0.5, 0.6) is 5.75 Å². The van der Waals surface area contributed by atoms with Crippen LogP contribution in [0, 0.1) is 0 Å². The lowest BCUT2D eigenvalue weighted by Crippen LogP contribution is -2.22. The van der Waals surface area contributed by atoms with Crippen molar-refractivity contribution in [2.75, 3.05) is 17.7 Å². The summed E-state index contributed by atoms with van der Waals surface area (Å²) in [4.78, 5) is 25.8. The zero-order valence-corrected chi connectivity index (χ0v) is 19.1. The van der Waals surface area contributed by atoms with Crippen molar-refractivity contribution in [3.05, 3.63) is 82.3 Å². The van der Waals surface area contributed by atoms with Gasteiger partial charge in [0, 0.05) is 31.9 Å². The summed E-state index contributed by atoms with van der Waals surface area (Å²) in [6, 6.07) is 19.1. The molecule has 3 aromatic carbocycles. The first-order valence-electron chi connectivity index (χ1n) is 9.33. The largest absolute Gasteiger partial charge is 0.497 e. The fourth-order valence-electron chi connectivity index (χ4n) is 2.71. The number of anilines is 2. The number of ether oxygens (including phenoxy) is 1. The summed E-state index contributed by atoms with van der Waals surface area (Å²) in [5.74, 6) is 0.220. The lowest BCUT2D eigenvalue weighted by atomic mass is 10.2. The Morgan fingerprint density at radius 3 is 2.23 bits per heavy atom. The maximum Gasteiger partial charge on any atom is 0.255 e. The second kappa shape index (κ2) is 10.6. The number of benzene rings is 3. The van der Waals surface area contributed by atoms with Crippen LogP contribution < -0.4 is 15.4 Å². The Morgan fingerprint density at radius 1 is 0.903 bits per heavy atom. The van der Waals surface area contributed by atoms with Gasteiger partial charge in [0.15, 0.2) is 0 Å². The molecule has 0 spiro atoms. The number of hydrogen-bond acceptors (Lipinski definition) is 4. The van der Waals surface area contributed by atoms with Crippen molar-refractivity contribution >= 4 is 58.2 Å². The zero-order chi connectivity index (χ0) is 22.4. The number of halogens is 2. The molecule has 1 atom stereocenters. The predicted octanol–water partition coefficient (Wildman–Crippen LogP) is 6.37. The van der Waals surface area contributed by atoms with E-state index in [4.69, 9.17) is 27.9 Å². The molecule has 0 aromatic heterocycles. The minimum absolute atomic E-state index is 0.168. The first-order chi connectivity index (χ1) is 14.8. The van der Waals surface area contributed by atoms with E-state index < -0.39 is 0 Å². The third kappa shape index (κ3) is 6.66. The standard InChI is InChI=1S/C23H20Cl2N2O3S/c1-14(22(28)27-19-12-16(24)11-17(25)13-19)31-21-8-6-18(7-9-21)26-23(29)15-4-3-5-20(10-15)30-2/h3-14H,1-2H3,(H,26,29)(H,27,28). The van der Waals surface area contributed by atoms with Crippen LogP contribution >= 0.6 is 35.0 Å². The molecular formula is C23H20Cl2N2O3S. The van der Waals surface area contributed by atoms with Crippen molar-refractivity contribution in [2.24, 2.45) is 0 Å². The first kappa shape index (κ1) is 23.0. The number of carbonyl (C=O) groups excluding carboxylic acids is 2. The van der Waals surface area contributed by atoms with Crippen LogP contribution in [0.4, 0.5) is 11.4 Å². The fourth-order valence-corrected chi connectivity index (χ4v) is 4.11. The average Bonchev–Trinajstić information content (AvgIpc) is 2.74. The van der Waals surface area contributed by atoms with Gasteiger partial charge < -0.3 is 15.4 Å². The molecule has 0 saturated carbocycles. The Balaban J connectivity index is 1.58. The SMILES string of the molecule is COc1cccc(C(=O)Nc2ccc(SC(C)C(=O)Nc3cc(Cl)cc(Cl)c3)cc2)c1. The van der Waals surface area contributed by atoms with E-state index in [9.17, 15) is 9.59 Å². The molecule has 0 aliphatic heterocycles. The van der Waals surface area contributed by atoms with E-state index in [1.807, 2.05) is 19.1 Å². The van der Waals surface area contributed by atoms with Gasteiger partial charge in [0.05, 0.1) is 12.4 Å². The summed E-state index contributed by atoms with van der Waals surface area (Å²) in [7, 11) is 1.55. The van der Waals surface area contributed by atoms with Gasteiger partial charge in [-0.15, -0.1) is 11.8 Å². The van der Waals surface area contributed by atoms with Gasteiger partial charge in [0.2, 0.25) is 5.91 Å². The Hall–Kier alpha value is -2.67. The summed E-state index contributed by atoms with van der Waals surface area (Å²) in [5, 5.41) is 6.22. The number of rotatable bonds is 7. The van der Waals surface area contributed by atoms with Gasteiger partial charge in [0.1, 0.15) is 5.75 Å². The maximum atomic E-state index is 12.5. The number of nitrogens with one attached hydrogen (secondary N) is 2. The molecule has 0 fully saturated rings. The maximum absolute atomic E-state index is 12.5. The molecule has 3 aromatic rings. The molecule has 8 heteroatoms. The summed E-state index contributed by atoms with van der Waals surface area (Å²) in [6.07, 6.45) is 0. The van der Waals surface area contributed by atoms with E-state index >= 15 is 0 Å². The average molecular weight is 475 g/mol. The fraction of sp³-hybridized carbons (Fsp3) is 0.130. The minimum atomic E-state index is -0.352. The van der Waals surface area contributed by atoms with Crippen LogP contribution in [-0.2, 0) is 4.79 Å². The molecular weight excluding hydrogens is 455 g/mol. The molecule has 2 amide bonds. The third-order valence-corrected chi connectivity index (χ3v) is 5.80. The summed E-state index contributed by atoms with van der Waals surface area (Å²) in [6.45, 7) is 1.81. The van der Waals surface area contributed by atoms with Gasteiger partial charge in [-0.2, -0.15) is 0 Å². The van der Waals surface area contributed by atoms with Crippen molar-refractivity contribution in [1.29, 1.82) is 0 Å². The highest BCUT2D eigenvalue weighted by Crippen LogP contribution is 2.27. The Morgan fingerprint density at radius 2 is 1.58 bits per heavy atom. The highest BCUT2D eigenvalue weighted by Gasteiger charge is 2.15. The molecule has 31 heavy (non-hydrogen) atoms. The van der Waals surface area contributed by atoms with Crippen LogP contribution in [-0.4, -0.2) is 24.2 Å². The van der Waals surface area contributed by atoms with E-state index in [0.29, 0.717) is 32.7 Å². The van der Waals surface area contributed by atoms with Crippen molar-refractivity contribution in [1.82, 2.24) is 0 Å². The Labute approximate surface area is 195 Å². The zero-order valence-electron chi connectivity index (χ0n) is 16.8. The van der Waals surface area contributed by atoms with Crippen molar-refractivity contribution in [3.8, 4) is 5.75 Å². The van der Waals surface area contributed by atoms with Gasteiger partial charge in [0.25, 0.3) is 5.91 Å². The number of hydrogen-bond donors (Lipinski definition) is 2. The smallest absolute Gasteiger partial charge is 0.255 e. The van der Waals surface area contributed by atoms with E-state index in [0.717, 1.165) is 4.90 Å². The van der Waals surface area contributed by atoms with Gasteiger partial charge in [-0.1, -0.05) is 29.3 Å². The molecule has 0 saturated heterocycles. The number of amides is 2. The Bertz CT molecular complexity index is 1070. The molecule has 160 valence electrons. The molecule has 1 unspecified atom stereocenters. The van der Waals surface area contributed by atoms with Gasteiger partial charge in [-0.25, -0.2) is 0 Å². The quantitative estimate of drug-likeness (QED) is 0.390. The van der Waals surface area contributed by atoms with Crippen LogP contribution in [0.2, 0.25) is 10.0 Å². The molecule has 0 heterocycles. The molecule has 3 rings (SSSR count). The normalized spacial score (nSPS) is 11.5. The van der Waals surface area contributed by atoms with Gasteiger partial charge in [-0.05, 0) is 67.6 Å². The van der Waals surface area contributed by atoms with Gasteiger partial charge in [-0.3, -0.25) is 9.59 Å². The van der Waals surface area contributed by atoms with E-state index in [1.54, 1.807) is 61.7 Å². The number of carbonyl (C=O) groups is 2. The second-order valence-electron chi connectivity index (χ2n) is 6.62. The summed E-state index contributed by atoms with van der Waals surface area (Å²) >= 11 is 13.3. The van der Waals surface area contributed by atoms with E-state index in [1.165, 1.54) is 11.8 Å². The third-order valence-electron chi connectivity index (χ3n) is 4.26. The topological polar surface area (TPSA) is 67.4 Å². The first-order valence-corrected chi connectivity index (χ1v) is 11.0. The molecule has 5 nitrogen and oxygen atoms in total. The second-order valence-corrected chi connectivity index (χ2v) is 8.90. The number of methoxy groups -OCH3 is 1. The van der Waals surface area contributed by atoms with Crippen LogP contribution in [0.25, 0.3) is 0 Å². The molecule has 0 bridgehead atoms. The summed E-state index contributed by atoms with van der Waals surface area (Å²) < 4.78 is 5.15. The summed E-state index contributed by atoms with van der Waals surface area (Å²) in [5.41, 5.74) is 1.71. The van der Waals surface area contributed by atoms with E-state index in [2.05, 4.69) is 10.6 Å². The molecule has 0 aliphatic rings. The Kier molecular flexibility index (Phi) is 7.85. The minimum Gasteiger partial charge on any atom is -0.497 e. The van der Waals surface area contributed by atoms with Crippen molar-refractivity contribution in [3.63, 3.8) is 0 Å². The van der Waals surface area contributed by atoms with Crippen LogP contribution in [0.15, 0.2) is 71.6 Å². The highest BCUT2D eigenvalue weighted by atomic mass is 35.5. The van der Waals surface area contributed by atoms with Gasteiger partial charge >= 0.3 is 0 Å². The predicted molar refractivity (Wildman–Crippen MR) is 128 cm³/mol. The van der Waals surface area contributed by atoms with Crippen LogP contribution in [0.1, 0.15) is 17.3 Å². The lowest BCUT2D eigenvalue weighted by Gasteiger charge is -2.13. The molecule has 0 aliphatic carbocycles. The number of thioether (sulfide) groups is 1. The van der Waals surface area contributed by atoms with E-state index in [-0.39, 0.29) is 17.1 Å². The molecule has 0 radical (unpaired) electrons.